The number of nitrogens with zero attached hydrogens (tertiary/aromatic N) is 2. The predicted octanol–water partition coefficient (Wildman–Crippen LogP) is 3.49. The molecule has 8 heteroatoms. The molecule has 27 heavy (non-hydrogen) atoms. The van der Waals surface area contributed by atoms with E-state index in [0.29, 0.717) is 24.0 Å². The topological polar surface area (TPSA) is 81.2 Å². The number of hydrogen-bond donors (Lipinski definition) is 1. The molecule has 0 aliphatic carbocycles. The van der Waals surface area contributed by atoms with E-state index < -0.39 is 5.97 Å². The highest BCUT2D eigenvalue weighted by molar-refractivity contribution is 7.98. The minimum Gasteiger partial charge on any atom is -0.451 e. The van der Waals surface area contributed by atoms with Crippen molar-refractivity contribution in [3.8, 4) is 0 Å². The van der Waals surface area contributed by atoms with E-state index in [9.17, 15) is 9.59 Å². The number of thioether (sulfide) groups is 1. The minimum absolute atomic E-state index is 0.0472. The maximum Gasteiger partial charge on any atom is 0.359 e. The van der Waals surface area contributed by atoms with Crippen molar-refractivity contribution in [2.45, 2.75) is 31.3 Å². The molecule has 6 nitrogen and oxygen atoms in total. The van der Waals surface area contributed by atoms with Gasteiger partial charge in [0.05, 0.1) is 11.2 Å². The molecule has 0 radical (unpaired) electrons. The van der Waals surface area contributed by atoms with Crippen LogP contribution in [-0.4, -0.2) is 41.3 Å². The highest BCUT2D eigenvalue weighted by Gasteiger charge is 2.17. The second-order valence-electron chi connectivity index (χ2n) is 6.13. The number of halogens is 1. The van der Waals surface area contributed by atoms with Crippen LogP contribution in [-0.2, 0) is 16.0 Å². The third-order valence-electron chi connectivity index (χ3n) is 3.81. The average molecular weight is 408 g/mol. The fourth-order valence-electron chi connectivity index (χ4n) is 2.26. The number of hydrogen-bond acceptors (Lipinski definition) is 6. The van der Waals surface area contributed by atoms with Gasteiger partial charge in [-0.3, -0.25) is 4.79 Å². The van der Waals surface area contributed by atoms with Crippen LogP contribution in [0.4, 0.5) is 0 Å². The minimum atomic E-state index is -0.753. The van der Waals surface area contributed by atoms with Gasteiger partial charge in [0.15, 0.2) is 17.5 Å². The second-order valence-corrected chi connectivity index (χ2v) is 7.31. The lowest BCUT2D eigenvalue weighted by molar-refractivity contribution is -0.124. The molecule has 2 rings (SSSR count). The van der Waals surface area contributed by atoms with Crippen LogP contribution in [0.5, 0.6) is 0 Å². The highest BCUT2D eigenvalue weighted by atomic mass is 35.5. The number of esters is 1. The van der Waals surface area contributed by atoms with Gasteiger partial charge in [-0.15, -0.1) is 0 Å². The number of benzene rings is 1. The van der Waals surface area contributed by atoms with Gasteiger partial charge in [-0.25, -0.2) is 14.8 Å². The van der Waals surface area contributed by atoms with Crippen LogP contribution >= 0.6 is 23.4 Å². The molecule has 0 atom stereocenters. The van der Waals surface area contributed by atoms with Gasteiger partial charge in [0, 0.05) is 6.54 Å². The van der Waals surface area contributed by atoms with Crippen molar-refractivity contribution in [1.82, 2.24) is 15.3 Å². The Kier molecular flexibility index (Phi) is 8.06. The third-order valence-corrected chi connectivity index (χ3v) is 4.65. The van der Waals surface area contributed by atoms with Crippen LogP contribution < -0.4 is 5.32 Å². The van der Waals surface area contributed by atoms with Crippen molar-refractivity contribution < 1.29 is 14.3 Å². The van der Waals surface area contributed by atoms with Gasteiger partial charge in [0.2, 0.25) is 0 Å². The number of ether oxygens (including phenoxy) is 1. The van der Waals surface area contributed by atoms with E-state index in [1.165, 1.54) is 23.5 Å². The zero-order valence-corrected chi connectivity index (χ0v) is 17.1. The summed E-state index contributed by atoms with van der Waals surface area (Å²) in [6, 6.07) is 8.31. The first-order valence-electron chi connectivity index (χ1n) is 8.50. The van der Waals surface area contributed by atoms with E-state index in [1.807, 2.05) is 0 Å². The van der Waals surface area contributed by atoms with Gasteiger partial charge in [-0.05, 0) is 29.7 Å². The van der Waals surface area contributed by atoms with Gasteiger partial charge in [0.1, 0.15) is 0 Å². The highest BCUT2D eigenvalue weighted by Crippen LogP contribution is 2.17. The summed E-state index contributed by atoms with van der Waals surface area (Å²) in [5.41, 5.74) is 2.37. The Morgan fingerprint density at radius 1 is 1.26 bits per heavy atom. The lowest BCUT2D eigenvalue weighted by Gasteiger charge is -2.09. The van der Waals surface area contributed by atoms with Crippen molar-refractivity contribution in [3.05, 3.63) is 52.3 Å². The van der Waals surface area contributed by atoms with E-state index in [-0.39, 0.29) is 23.2 Å². The predicted molar refractivity (Wildman–Crippen MR) is 106 cm³/mol. The molecule has 0 unspecified atom stereocenters. The standard InChI is InChI=1S/C19H22ClN3O3S/c1-12(2)14-6-4-13(5-7-14)8-9-21-16(24)11-26-18(25)17-15(20)10-22-19(23-17)27-3/h4-7,10,12H,8-9,11H2,1-3H3,(H,21,24). The smallest absolute Gasteiger partial charge is 0.359 e. The summed E-state index contributed by atoms with van der Waals surface area (Å²) in [5, 5.41) is 3.21. The normalized spacial score (nSPS) is 10.7. The molecule has 0 fully saturated rings. The quantitative estimate of drug-likeness (QED) is 0.410. The molecule has 0 spiro atoms. The molecule has 0 aliphatic rings. The van der Waals surface area contributed by atoms with Crippen LogP contribution in [0.15, 0.2) is 35.6 Å². The van der Waals surface area contributed by atoms with Gasteiger partial charge >= 0.3 is 5.97 Å². The molecule has 1 heterocycles. The largest absolute Gasteiger partial charge is 0.451 e. The summed E-state index contributed by atoms with van der Waals surface area (Å²) in [6.45, 7) is 4.36. The maximum atomic E-state index is 12.0. The Morgan fingerprint density at radius 3 is 2.59 bits per heavy atom. The van der Waals surface area contributed by atoms with E-state index in [4.69, 9.17) is 16.3 Å². The summed E-state index contributed by atoms with van der Waals surface area (Å²) in [4.78, 5) is 31.9. The van der Waals surface area contributed by atoms with Crippen molar-refractivity contribution in [2.24, 2.45) is 0 Å². The van der Waals surface area contributed by atoms with Crippen LogP contribution in [0.1, 0.15) is 41.4 Å². The number of rotatable bonds is 8. The Balaban J connectivity index is 1.76. The van der Waals surface area contributed by atoms with Crippen molar-refractivity contribution >= 4 is 35.2 Å². The van der Waals surface area contributed by atoms with Gasteiger partial charge in [0.25, 0.3) is 5.91 Å². The Labute approximate surface area is 168 Å². The lowest BCUT2D eigenvalue weighted by atomic mass is 10.0. The van der Waals surface area contributed by atoms with Gasteiger partial charge in [-0.2, -0.15) is 0 Å². The van der Waals surface area contributed by atoms with Crippen LogP contribution in [0, 0.1) is 0 Å². The van der Waals surface area contributed by atoms with Crippen molar-refractivity contribution in [2.75, 3.05) is 19.4 Å². The molecular weight excluding hydrogens is 386 g/mol. The zero-order valence-electron chi connectivity index (χ0n) is 15.5. The Morgan fingerprint density at radius 2 is 1.96 bits per heavy atom. The molecule has 1 N–H and O–H groups in total. The monoisotopic (exact) mass is 407 g/mol. The SMILES string of the molecule is CSc1ncc(Cl)c(C(=O)OCC(=O)NCCc2ccc(C(C)C)cc2)n1. The average Bonchev–Trinajstić information content (AvgIpc) is 2.67. The Bertz CT molecular complexity index is 797. The van der Waals surface area contributed by atoms with Gasteiger partial charge in [-0.1, -0.05) is 61.5 Å². The number of carbonyl (C=O) groups excluding carboxylic acids is 2. The number of nitrogens with one attached hydrogen (secondary N) is 1. The van der Waals surface area contributed by atoms with E-state index >= 15 is 0 Å². The van der Waals surface area contributed by atoms with E-state index in [1.54, 1.807) is 6.26 Å². The molecule has 0 bridgehead atoms. The number of amides is 1. The molecule has 1 amide bonds. The van der Waals surface area contributed by atoms with E-state index in [2.05, 4.69) is 53.4 Å². The fourth-order valence-corrected chi connectivity index (χ4v) is 2.77. The van der Waals surface area contributed by atoms with Crippen LogP contribution in [0.25, 0.3) is 0 Å². The molecule has 1 aromatic heterocycles. The molecular formula is C19H22ClN3O3S. The maximum absolute atomic E-state index is 12.0. The summed E-state index contributed by atoms with van der Waals surface area (Å²) < 4.78 is 4.98. The second kappa shape index (κ2) is 10.3. The van der Waals surface area contributed by atoms with E-state index in [0.717, 1.165) is 5.56 Å². The number of carbonyl (C=O) groups is 2. The third kappa shape index (κ3) is 6.52. The summed E-state index contributed by atoms with van der Waals surface area (Å²) >= 11 is 7.19. The fraction of sp³-hybridized carbons (Fsp3) is 0.368. The summed E-state index contributed by atoms with van der Waals surface area (Å²) in [5.74, 6) is -0.640. The first kappa shape index (κ1) is 21.2. The molecule has 2 aromatic rings. The molecule has 144 valence electrons. The number of aromatic nitrogens is 2. The van der Waals surface area contributed by atoms with Crippen molar-refractivity contribution in [1.29, 1.82) is 0 Å². The van der Waals surface area contributed by atoms with Gasteiger partial charge < -0.3 is 10.1 Å². The van der Waals surface area contributed by atoms with Crippen LogP contribution in [0.3, 0.4) is 0 Å². The first-order valence-corrected chi connectivity index (χ1v) is 10.1. The molecule has 0 saturated carbocycles. The summed E-state index contributed by atoms with van der Waals surface area (Å²) in [7, 11) is 0. The summed E-state index contributed by atoms with van der Waals surface area (Å²) in [6.07, 6.45) is 3.82. The lowest BCUT2D eigenvalue weighted by Crippen LogP contribution is -2.30. The molecule has 0 saturated heterocycles. The van der Waals surface area contributed by atoms with Crippen molar-refractivity contribution in [3.63, 3.8) is 0 Å². The molecule has 1 aromatic carbocycles. The zero-order chi connectivity index (χ0) is 19.8. The van der Waals surface area contributed by atoms with Crippen LogP contribution in [0.2, 0.25) is 5.02 Å². The first-order chi connectivity index (χ1) is 12.9. The molecule has 0 aliphatic heterocycles. The Hall–Kier alpha value is -2.12.